The van der Waals surface area contributed by atoms with Gasteiger partial charge in [0, 0.05) is 37.3 Å². The summed E-state index contributed by atoms with van der Waals surface area (Å²) in [7, 11) is 0. The number of aromatic hydroxyl groups is 1. The van der Waals surface area contributed by atoms with Crippen molar-refractivity contribution in [1.29, 1.82) is 0 Å². The fourth-order valence-corrected chi connectivity index (χ4v) is 5.87. The van der Waals surface area contributed by atoms with Crippen molar-refractivity contribution in [2.45, 2.75) is 38.9 Å². The molecule has 1 atom stereocenters. The number of carbonyl (C=O) groups is 2. The highest BCUT2D eigenvalue weighted by Crippen LogP contribution is 2.36. The second-order valence-corrected chi connectivity index (χ2v) is 11.2. The van der Waals surface area contributed by atoms with Gasteiger partial charge in [0.1, 0.15) is 29.6 Å². The maximum Gasteiger partial charge on any atom is 0.263 e. The molecule has 14 heteroatoms. The third-order valence-electron chi connectivity index (χ3n) is 7.57. The minimum Gasteiger partial charge on any atom is -0.506 e. The molecule has 12 nitrogen and oxygen atoms in total. The molecular weight excluding hydrogens is 585 g/mol. The first kappa shape index (κ1) is 28.0. The van der Waals surface area contributed by atoms with Gasteiger partial charge in [-0.05, 0) is 31.0 Å². The SMILES string of the molecule is CC1COCCN1c1cc(NC(=O)Cn2cc(-c3cc(Cl)c(O)c(C(N)=O)c3)c3c(=O)n4c(nc32)CCC4)c(Cl)cn1. The number of primary amides is 1. The first-order valence-electron chi connectivity index (χ1n) is 13.4. The number of hydrogen-bond donors (Lipinski definition) is 3. The van der Waals surface area contributed by atoms with Crippen molar-refractivity contribution in [3.63, 3.8) is 0 Å². The van der Waals surface area contributed by atoms with Crippen LogP contribution in [0.2, 0.25) is 10.0 Å². The predicted octanol–water partition coefficient (Wildman–Crippen LogP) is 3.18. The number of rotatable bonds is 6. The summed E-state index contributed by atoms with van der Waals surface area (Å²) in [5.41, 5.74) is 6.46. The topological polar surface area (TPSA) is 158 Å². The van der Waals surface area contributed by atoms with Crippen molar-refractivity contribution in [3.8, 4) is 16.9 Å². The highest BCUT2D eigenvalue weighted by atomic mass is 35.5. The molecule has 4 aromatic rings. The van der Waals surface area contributed by atoms with Crippen LogP contribution >= 0.6 is 23.2 Å². The molecule has 2 amide bonds. The van der Waals surface area contributed by atoms with E-state index in [1.807, 2.05) is 6.92 Å². The van der Waals surface area contributed by atoms with Gasteiger partial charge >= 0.3 is 0 Å². The number of carbonyl (C=O) groups excluding carboxylic acids is 2. The Labute approximate surface area is 249 Å². The normalized spacial score (nSPS) is 16.5. The zero-order valence-electron chi connectivity index (χ0n) is 22.6. The van der Waals surface area contributed by atoms with E-state index in [9.17, 15) is 19.5 Å². The van der Waals surface area contributed by atoms with E-state index in [1.54, 1.807) is 21.4 Å². The standard InChI is InChI=1S/C28H27Cl2N7O5/c1-14-13-42-6-5-36(14)22-9-20(19(30)10-32-22)33-23(38)12-35-11-17(15-7-16(26(31)40)25(39)18(29)8-15)24-27(35)34-21-3-2-4-37(21)28(24)41/h7-11,14,39H,2-6,12-13H2,1H3,(H2,31,40)(H,32,33,38). The van der Waals surface area contributed by atoms with Gasteiger partial charge in [0.15, 0.2) is 0 Å². The van der Waals surface area contributed by atoms with Crippen LogP contribution in [0.4, 0.5) is 11.5 Å². The summed E-state index contributed by atoms with van der Waals surface area (Å²) in [6.45, 7) is 4.16. The van der Waals surface area contributed by atoms with Crippen LogP contribution in [-0.2, 0) is 29.0 Å². The van der Waals surface area contributed by atoms with E-state index in [1.165, 1.54) is 18.3 Å². The lowest BCUT2D eigenvalue weighted by molar-refractivity contribution is -0.116. The van der Waals surface area contributed by atoms with Crippen LogP contribution in [0.3, 0.4) is 0 Å². The number of nitrogens with zero attached hydrogens (tertiary/aromatic N) is 5. The Morgan fingerprint density at radius 3 is 2.79 bits per heavy atom. The number of phenols is 1. The molecule has 5 heterocycles. The summed E-state index contributed by atoms with van der Waals surface area (Å²) in [5, 5.41) is 13.5. The number of aryl methyl sites for hydroxylation is 1. The second kappa shape index (κ2) is 10.9. The van der Waals surface area contributed by atoms with Crippen LogP contribution in [-0.4, -0.2) is 61.8 Å². The van der Waals surface area contributed by atoms with Crippen LogP contribution in [0.5, 0.6) is 5.75 Å². The molecule has 1 fully saturated rings. The summed E-state index contributed by atoms with van der Waals surface area (Å²) in [5.74, 6) is -0.445. The molecule has 42 heavy (non-hydrogen) atoms. The monoisotopic (exact) mass is 611 g/mol. The largest absolute Gasteiger partial charge is 0.506 e. The molecular formula is C28H27Cl2N7O5. The van der Waals surface area contributed by atoms with Gasteiger partial charge in [0.05, 0.1) is 52.1 Å². The Balaban J connectivity index is 1.39. The number of anilines is 2. The zero-order valence-corrected chi connectivity index (χ0v) is 24.1. The van der Waals surface area contributed by atoms with Gasteiger partial charge in [-0.2, -0.15) is 0 Å². The maximum atomic E-state index is 13.6. The molecule has 0 saturated carbocycles. The van der Waals surface area contributed by atoms with Gasteiger partial charge in [-0.15, -0.1) is 0 Å². The Kier molecular flexibility index (Phi) is 7.29. The van der Waals surface area contributed by atoms with Crippen LogP contribution < -0.4 is 21.5 Å². The molecule has 3 aromatic heterocycles. The van der Waals surface area contributed by atoms with Crippen molar-refractivity contribution in [1.82, 2.24) is 19.1 Å². The third kappa shape index (κ3) is 4.95. The Morgan fingerprint density at radius 1 is 1.21 bits per heavy atom. The lowest BCUT2D eigenvalue weighted by Gasteiger charge is -2.34. The van der Waals surface area contributed by atoms with Gasteiger partial charge < -0.3 is 30.4 Å². The molecule has 6 rings (SSSR count). The molecule has 0 bridgehead atoms. The lowest BCUT2D eigenvalue weighted by atomic mass is 10.0. The molecule has 2 aliphatic heterocycles. The molecule has 0 spiro atoms. The summed E-state index contributed by atoms with van der Waals surface area (Å²) in [4.78, 5) is 50.2. The number of fused-ring (bicyclic) bond motifs is 2. The maximum absolute atomic E-state index is 13.6. The second-order valence-electron chi connectivity index (χ2n) is 10.4. The number of halogens is 2. The van der Waals surface area contributed by atoms with E-state index in [0.717, 1.165) is 6.42 Å². The smallest absolute Gasteiger partial charge is 0.263 e. The number of nitrogens with two attached hydrogens (primary N) is 1. The van der Waals surface area contributed by atoms with Gasteiger partial charge in [-0.3, -0.25) is 19.0 Å². The number of benzene rings is 1. The van der Waals surface area contributed by atoms with Crippen molar-refractivity contribution in [2.24, 2.45) is 5.73 Å². The summed E-state index contributed by atoms with van der Waals surface area (Å²) >= 11 is 12.6. The molecule has 1 aromatic carbocycles. The van der Waals surface area contributed by atoms with Crippen LogP contribution in [0, 0.1) is 0 Å². The third-order valence-corrected chi connectivity index (χ3v) is 8.16. The fraction of sp³-hybridized carbons (Fsp3) is 0.321. The number of aromatic nitrogens is 4. The van der Waals surface area contributed by atoms with Crippen molar-refractivity contribution in [3.05, 3.63) is 62.4 Å². The molecule has 1 saturated heterocycles. The molecule has 0 radical (unpaired) electrons. The van der Waals surface area contributed by atoms with Gasteiger partial charge in [0.2, 0.25) is 5.91 Å². The predicted molar refractivity (Wildman–Crippen MR) is 158 cm³/mol. The van der Waals surface area contributed by atoms with E-state index in [-0.39, 0.29) is 39.1 Å². The van der Waals surface area contributed by atoms with E-state index < -0.39 is 17.6 Å². The number of nitrogens with one attached hydrogen (secondary N) is 1. The van der Waals surface area contributed by atoms with E-state index in [2.05, 4.69) is 15.2 Å². The highest BCUT2D eigenvalue weighted by Gasteiger charge is 2.25. The van der Waals surface area contributed by atoms with Crippen LogP contribution in [0.15, 0.2) is 35.4 Å². The first-order chi connectivity index (χ1) is 20.1. The van der Waals surface area contributed by atoms with E-state index >= 15 is 0 Å². The fourth-order valence-electron chi connectivity index (χ4n) is 5.50. The average molecular weight is 612 g/mol. The first-order valence-corrected chi connectivity index (χ1v) is 14.1. The highest BCUT2D eigenvalue weighted by molar-refractivity contribution is 6.34. The number of morpholine rings is 1. The van der Waals surface area contributed by atoms with Crippen LogP contribution in [0.1, 0.15) is 29.5 Å². The Morgan fingerprint density at radius 2 is 2.02 bits per heavy atom. The molecule has 218 valence electrons. The Hall–Kier alpha value is -4.13. The van der Waals surface area contributed by atoms with Gasteiger partial charge in [-0.1, -0.05) is 23.2 Å². The minimum absolute atomic E-state index is 0.105. The number of ether oxygens (including phenoxy) is 1. The van der Waals surface area contributed by atoms with E-state index in [0.29, 0.717) is 66.8 Å². The van der Waals surface area contributed by atoms with Crippen molar-refractivity contribution < 1.29 is 19.4 Å². The van der Waals surface area contributed by atoms with E-state index in [4.69, 9.17) is 38.7 Å². The van der Waals surface area contributed by atoms with Crippen molar-refractivity contribution in [2.75, 3.05) is 30.0 Å². The molecule has 0 aliphatic carbocycles. The van der Waals surface area contributed by atoms with Crippen molar-refractivity contribution >= 4 is 57.6 Å². The number of pyridine rings is 1. The average Bonchev–Trinajstić information content (AvgIpc) is 3.57. The number of amides is 2. The number of hydrogen-bond acceptors (Lipinski definition) is 8. The summed E-state index contributed by atoms with van der Waals surface area (Å²) < 4.78 is 8.70. The summed E-state index contributed by atoms with van der Waals surface area (Å²) in [6.07, 6.45) is 4.50. The molecule has 2 aliphatic rings. The zero-order chi connectivity index (χ0) is 29.7. The molecule has 1 unspecified atom stereocenters. The Bertz CT molecular complexity index is 1820. The minimum atomic E-state index is -0.879. The van der Waals surface area contributed by atoms with Gasteiger partial charge in [0.25, 0.3) is 11.5 Å². The quantitative estimate of drug-likeness (QED) is 0.300. The lowest BCUT2D eigenvalue weighted by Crippen LogP contribution is -2.44. The van der Waals surface area contributed by atoms with Gasteiger partial charge in [-0.25, -0.2) is 9.97 Å². The molecule has 4 N–H and O–H groups in total. The van der Waals surface area contributed by atoms with Crippen LogP contribution in [0.25, 0.3) is 22.2 Å². The summed E-state index contributed by atoms with van der Waals surface area (Å²) in [6, 6.07) is 4.63.